The van der Waals surface area contributed by atoms with Crippen molar-refractivity contribution in [1.29, 1.82) is 0 Å². The molecule has 4 aromatic rings. The van der Waals surface area contributed by atoms with Crippen LogP contribution >= 0.6 is 0 Å². The van der Waals surface area contributed by atoms with E-state index in [0.29, 0.717) is 11.5 Å². The van der Waals surface area contributed by atoms with Gasteiger partial charge in [0.1, 0.15) is 6.61 Å². The van der Waals surface area contributed by atoms with E-state index in [1.165, 1.54) is 10.8 Å². The second kappa shape index (κ2) is 11.0. The topological polar surface area (TPSA) is 89.6 Å². The number of hydrazone groups is 1. The summed E-state index contributed by atoms with van der Waals surface area (Å²) >= 11 is 0. The van der Waals surface area contributed by atoms with Crippen LogP contribution in [0.4, 0.5) is 4.79 Å². The number of aromatic nitrogens is 3. The van der Waals surface area contributed by atoms with Crippen LogP contribution in [0.5, 0.6) is 11.5 Å². The highest BCUT2D eigenvalue weighted by Gasteiger charge is 2.11. The van der Waals surface area contributed by atoms with Crippen molar-refractivity contribution in [2.24, 2.45) is 5.10 Å². The Morgan fingerprint density at radius 2 is 1.76 bits per heavy atom. The SMILES string of the molecule is COc1cc(/C=N/NC(=O)[n+]2ccccc2)ccc1OCc1nc2ccccc2nc1C.[Cl-]. The molecule has 0 aliphatic heterocycles. The lowest BCUT2D eigenvalue weighted by atomic mass is 10.2. The average Bonchev–Trinajstić information content (AvgIpc) is 2.83. The molecule has 0 bridgehead atoms. The predicted octanol–water partition coefficient (Wildman–Crippen LogP) is 0.409. The summed E-state index contributed by atoms with van der Waals surface area (Å²) in [6.45, 7) is 2.18. The van der Waals surface area contributed by atoms with Gasteiger partial charge in [-0.2, -0.15) is 9.36 Å². The van der Waals surface area contributed by atoms with Crippen molar-refractivity contribution in [2.75, 3.05) is 7.11 Å². The van der Waals surface area contributed by atoms with Crippen molar-refractivity contribution in [2.45, 2.75) is 13.5 Å². The Kier molecular flexibility index (Phi) is 7.88. The second-order valence-corrected chi connectivity index (χ2v) is 6.90. The lowest BCUT2D eigenvalue weighted by Gasteiger charge is -2.12. The Morgan fingerprint density at radius 1 is 1.03 bits per heavy atom. The maximum absolute atomic E-state index is 12.0. The number of amides is 1. The third-order valence-corrected chi connectivity index (χ3v) is 4.72. The van der Waals surface area contributed by atoms with Crippen LogP contribution in [-0.4, -0.2) is 29.3 Å². The monoisotopic (exact) mass is 463 g/mol. The van der Waals surface area contributed by atoms with Gasteiger partial charge in [-0.05, 0) is 49.4 Å². The van der Waals surface area contributed by atoms with E-state index in [-0.39, 0.29) is 25.0 Å². The number of para-hydroxylation sites is 2. The number of ether oxygens (including phenoxy) is 2. The van der Waals surface area contributed by atoms with Gasteiger partial charge < -0.3 is 21.9 Å². The molecule has 0 spiro atoms. The molecule has 0 aliphatic rings. The molecule has 8 nitrogen and oxygen atoms in total. The molecule has 168 valence electrons. The van der Waals surface area contributed by atoms with Crippen molar-refractivity contribution in [3.8, 4) is 11.5 Å². The zero-order valence-corrected chi connectivity index (χ0v) is 18.9. The van der Waals surface area contributed by atoms with Crippen molar-refractivity contribution in [1.82, 2.24) is 15.4 Å². The first-order valence-electron chi connectivity index (χ1n) is 9.97. The molecule has 0 fully saturated rings. The summed E-state index contributed by atoms with van der Waals surface area (Å²) in [5.74, 6) is 1.12. The van der Waals surface area contributed by atoms with Crippen molar-refractivity contribution >= 4 is 23.3 Å². The summed E-state index contributed by atoms with van der Waals surface area (Å²) in [5.41, 5.74) is 6.48. The molecular weight excluding hydrogens is 442 g/mol. The Hall–Kier alpha value is -4.04. The van der Waals surface area contributed by atoms with Gasteiger partial charge in [-0.3, -0.25) is 0 Å². The van der Waals surface area contributed by atoms with E-state index in [0.717, 1.165) is 28.0 Å². The minimum atomic E-state index is -0.361. The molecule has 1 N–H and O–H groups in total. The van der Waals surface area contributed by atoms with Crippen LogP contribution in [0.25, 0.3) is 11.0 Å². The zero-order valence-electron chi connectivity index (χ0n) is 18.1. The van der Waals surface area contributed by atoms with Crippen LogP contribution in [0.1, 0.15) is 17.0 Å². The van der Waals surface area contributed by atoms with E-state index in [2.05, 4.69) is 20.5 Å². The highest BCUT2D eigenvalue weighted by atomic mass is 35.5. The minimum Gasteiger partial charge on any atom is -1.00 e. The van der Waals surface area contributed by atoms with E-state index < -0.39 is 0 Å². The fourth-order valence-electron chi connectivity index (χ4n) is 3.05. The number of methoxy groups -OCH3 is 1. The highest BCUT2D eigenvalue weighted by molar-refractivity contribution is 5.81. The third-order valence-electron chi connectivity index (χ3n) is 4.72. The Balaban J connectivity index is 0.00000306. The summed E-state index contributed by atoms with van der Waals surface area (Å²) in [7, 11) is 1.57. The largest absolute Gasteiger partial charge is 1.00 e. The summed E-state index contributed by atoms with van der Waals surface area (Å²) in [4.78, 5) is 21.3. The van der Waals surface area contributed by atoms with E-state index in [1.807, 2.05) is 43.3 Å². The Bertz CT molecular complexity index is 1280. The van der Waals surface area contributed by atoms with Gasteiger partial charge in [0.2, 0.25) is 0 Å². The number of carbonyl (C=O) groups is 1. The standard InChI is InChI=1S/C24H21N5O3.ClH/c1-17-21(27-20-9-5-4-8-19(20)26-17)16-32-22-11-10-18(14-23(22)31-2)15-25-28-24(30)29-12-6-3-7-13-29;/h3-15H,16H2,1-2H3;1H/b25-15+;. The van der Waals surface area contributed by atoms with Crippen molar-refractivity contribution in [3.05, 3.63) is 90.0 Å². The predicted molar refractivity (Wildman–Crippen MR) is 120 cm³/mol. The van der Waals surface area contributed by atoms with E-state index in [1.54, 1.807) is 43.8 Å². The molecule has 9 heteroatoms. The molecule has 1 amide bonds. The molecular formula is C24H22ClN5O3. The summed E-state index contributed by atoms with van der Waals surface area (Å²) in [6.07, 6.45) is 4.82. The number of aryl methyl sites for hydroxylation is 1. The molecule has 4 rings (SSSR count). The molecule has 33 heavy (non-hydrogen) atoms. The zero-order chi connectivity index (χ0) is 22.3. The summed E-state index contributed by atoms with van der Waals surface area (Å²) < 4.78 is 12.8. The van der Waals surface area contributed by atoms with Gasteiger partial charge in [0.05, 0.1) is 48.1 Å². The number of nitrogens with zero attached hydrogens (tertiary/aromatic N) is 4. The first kappa shape index (κ1) is 23.6. The number of fused-ring (bicyclic) bond motifs is 1. The normalized spacial score (nSPS) is 10.6. The van der Waals surface area contributed by atoms with Crippen molar-refractivity contribution < 1.29 is 31.2 Å². The molecule has 0 unspecified atom stereocenters. The number of benzene rings is 2. The first-order valence-corrected chi connectivity index (χ1v) is 9.97. The third kappa shape index (κ3) is 5.81. The van der Waals surface area contributed by atoms with Crippen LogP contribution in [0.3, 0.4) is 0 Å². The highest BCUT2D eigenvalue weighted by Crippen LogP contribution is 2.28. The van der Waals surface area contributed by atoms with Gasteiger partial charge >= 0.3 is 6.03 Å². The number of pyridine rings is 1. The molecule has 2 heterocycles. The fraction of sp³-hybridized carbons (Fsp3) is 0.125. The van der Waals surface area contributed by atoms with Gasteiger partial charge in [0, 0.05) is 5.56 Å². The van der Waals surface area contributed by atoms with E-state index >= 15 is 0 Å². The number of carbonyl (C=O) groups excluding carboxylic acids is 1. The van der Waals surface area contributed by atoms with Crippen LogP contribution in [0, 0.1) is 6.92 Å². The number of rotatable bonds is 6. The quantitative estimate of drug-likeness (QED) is 0.254. The lowest BCUT2D eigenvalue weighted by Crippen LogP contribution is -3.00. The molecule has 2 aromatic heterocycles. The minimum absolute atomic E-state index is 0. The smallest absolute Gasteiger partial charge is 0.520 e. The Labute approximate surface area is 197 Å². The second-order valence-electron chi connectivity index (χ2n) is 6.90. The maximum Gasteiger partial charge on any atom is 0.520 e. The summed E-state index contributed by atoms with van der Waals surface area (Å²) in [6, 6.07) is 18.1. The van der Waals surface area contributed by atoms with Crippen molar-refractivity contribution in [3.63, 3.8) is 0 Å². The number of nitrogens with one attached hydrogen (secondary N) is 1. The number of halogens is 1. The lowest BCUT2D eigenvalue weighted by molar-refractivity contribution is -0.572. The van der Waals surface area contributed by atoms with E-state index in [4.69, 9.17) is 9.47 Å². The molecule has 2 aromatic carbocycles. The van der Waals surface area contributed by atoms with Crippen LogP contribution in [-0.2, 0) is 6.61 Å². The maximum atomic E-state index is 12.0. The number of hydrogen-bond donors (Lipinski definition) is 1. The van der Waals surface area contributed by atoms with Gasteiger partial charge in [-0.25, -0.2) is 9.97 Å². The van der Waals surface area contributed by atoms with Gasteiger partial charge in [0.25, 0.3) is 0 Å². The molecule has 0 saturated heterocycles. The molecule has 0 atom stereocenters. The molecule has 0 radical (unpaired) electrons. The Morgan fingerprint density at radius 3 is 2.48 bits per heavy atom. The molecule has 0 saturated carbocycles. The summed E-state index contributed by atoms with van der Waals surface area (Å²) in [5, 5.41) is 4.00. The van der Waals surface area contributed by atoms with Crippen LogP contribution < -0.4 is 31.9 Å². The van der Waals surface area contributed by atoms with Crippen LogP contribution in [0.15, 0.2) is 78.2 Å². The van der Waals surface area contributed by atoms with E-state index in [9.17, 15) is 4.79 Å². The average molecular weight is 464 g/mol. The van der Waals surface area contributed by atoms with Gasteiger partial charge in [-0.1, -0.05) is 23.3 Å². The first-order chi connectivity index (χ1) is 15.6. The fourth-order valence-corrected chi connectivity index (χ4v) is 3.05. The number of hydrogen-bond acceptors (Lipinski definition) is 6. The van der Waals surface area contributed by atoms with Gasteiger partial charge in [0.15, 0.2) is 11.5 Å². The van der Waals surface area contributed by atoms with Crippen LogP contribution in [0.2, 0.25) is 0 Å². The molecule has 0 aliphatic carbocycles. The van der Waals surface area contributed by atoms with Gasteiger partial charge in [-0.15, -0.1) is 5.43 Å².